The summed E-state index contributed by atoms with van der Waals surface area (Å²) in [4.78, 5) is 3.98. The van der Waals surface area contributed by atoms with Crippen LogP contribution in [0.5, 0.6) is 0 Å². The molecule has 1 aliphatic carbocycles. The van der Waals surface area contributed by atoms with Gasteiger partial charge in [-0.25, -0.2) is 4.98 Å². The number of aromatic nitrogens is 2. The summed E-state index contributed by atoms with van der Waals surface area (Å²) in [5.41, 5.74) is 0. The van der Waals surface area contributed by atoms with Crippen LogP contribution >= 0.6 is 0 Å². The highest BCUT2D eigenvalue weighted by molar-refractivity contribution is 4.82. The molecule has 0 unspecified atom stereocenters. The van der Waals surface area contributed by atoms with Crippen molar-refractivity contribution in [1.82, 2.24) is 14.9 Å². The molecule has 0 radical (unpaired) electrons. The topological polar surface area (TPSA) is 29.9 Å². The lowest BCUT2D eigenvalue weighted by atomic mass is 9.85. The molecule has 1 N–H and O–H groups in total. The minimum atomic E-state index is -4.04. The van der Waals surface area contributed by atoms with Crippen molar-refractivity contribution in [3.8, 4) is 0 Å². The Morgan fingerprint density at radius 1 is 1.40 bits per heavy atom. The van der Waals surface area contributed by atoms with Gasteiger partial charge >= 0.3 is 6.18 Å². The first-order valence-corrected chi connectivity index (χ1v) is 7.21. The van der Waals surface area contributed by atoms with Crippen molar-refractivity contribution in [1.29, 1.82) is 0 Å². The van der Waals surface area contributed by atoms with Gasteiger partial charge in [-0.2, -0.15) is 13.2 Å². The Labute approximate surface area is 117 Å². The lowest BCUT2D eigenvalue weighted by molar-refractivity contribution is -0.183. The zero-order chi connectivity index (χ0) is 14.6. The van der Waals surface area contributed by atoms with Crippen LogP contribution in [0, 0.1) is 11.8 Å². The van der Waals surface area contributed by atoms with E-state index in [2.05, 4.69) is 17.2 Å². The summed E-state index contributed by atoms with van der Waals surface area (Å²) in [6.07, 6.45) is 3.38. The fourth-order valence-corrected chi connectivity index (χ4v) is 2.86. The van der Waals surface area contributed by atoms with Crippen LogP contribution in [0.3, 0.4) is 0 Å². The highest BCUT2D eigenvalue weighted by Crippen LogP contribution is 2.37. The third-order valence-corrected chi connectivity index (χ3v) is 3.97. The summed E-state index contributed by atoms with van der Waals surface area (Å²) in [6, 6.07) is 0.000567. The summed E-state index contributed by atoms with van der Waals surface area (Å²) in [5, 5.41) is 3.30. The summed E-state index contributed by atoms with van der Waals surface area (Å²) in [5.74, 6) is -0.756. The van der Waals surface area contributed by atoms with E-state index in [9.17, 15) is 13.2 Å². The first kappa shape index (κ1) is 15.4. The number of halogens is 3. The molecule has 1 fully saturated rings. The van der Waals surface area contributed by atoms with Gasteiger partial charge in [0.05, 0.1) is 12.2 Å². The molecule has 0 saturated heterocycles. The lowest BCUT2D eigenvalue weighted by Gasteiger charge is -2.31. The summed E-state index contributed by atoms with van der Waals surface area (Å²) in [7, 11) is 0. The third-order valence-electron chi connectivity index (χ3n) is 3.97. The molecule has 20 heavy (non-hydrogen) atoms. The molecule has 114 valence electrons. The normalized spacial score (nSPS) is 25.6. The van der Waals surface area contributed by atoms with E-state index in [1.54, 1.807) is 12.5 Å². The molecule has 0 aromatic carbocycles. The van der Waals surface area contributed by atoms with Crippen LogP contribution in [0.1, 0.15) is 32.6 Å². The number of nitrogens with one attached hydrogen (secondary N) is 1. The molecule has 0 aliphatic heterocycles. The molecule has 3 atom stereocenters. The van der Waals surface area contributed by atoms with E-state index in [-0.39, 0.29) is 18.9 Å². The molecule has 6 heteroatoms. The second kappa shape index (κ2) is 6.61. The van der Waals surface area contributed by atoms with Crippen LogP contribution in [0.4, 0.5) is 13.2 Å². The smallest absolute Gasteiger partial charge is 0.337 e. The summed E-state index contributed by atoms with van der Waals surface area (Å²) < 4.78 is 40.2. The van der Waals surface area contributed by atoms with E-state index in [1.165, 1.54) is 0 Å². The highest BCUT2D eigenvalue weighted by Gasteiger charge is 2.41. The molecule has 2 rings (SSSR count). The molecule has 3 nitrogen and oxygen atoms in total. The van der Waals surface area contributed by atoms with Crippen molar-refractivity contribution in [2.24, 2.45) is 11.8 Å². The fraction of sp³-hybridized carbons (Fsp3) is 0.786. The van der Waals surface area contributed by atoms with Gasteiger partial charge in [-0.3, -0.25) is 0 Å². The van der Waals surface area contributed by atoms with Gasteiger partial charge in [0.15, 0.2) is 0 Å². The second-order valence-corrected chi connectivity index (χ2v) is 5.87. The van der Waals surface area contributed by atoms with Gasteiger partial charge in [0.25, 0.3) is 0 Å². The van der Waals surface area contributed by atoms with Crippen LogP contribution in [-0.2, 0) is 6.54 Å². The first-order valence-electron chi connectivity index (χ1n) is 7.21. The minimum absolute atomic E-state index is 0.000567. The molecule has 1 aromatic rings. The number of hydrogen-bond donors (Lipinski definition) is 1. The van der Waals surface area contributed by atoms with Crippen LogP contribution in [0.25, 0.3) is 0 Å². The number of hydrogen-bond acceptors (Lipinski definition) is 2. The second-order valence-electron chi connectivity index (χ2n) is 5.87. The van der Waals surface area contributed by atoms with Gasteiger partial charge in [0, 0.05) is 25.0 Å². The SMILES string of the molecule is C[C@H](CN[C@@H]1CCC[C@@H](C(F)(F)F)C1)Cn1ccnc1. The Morgan fingerprint density at radius 2 is 2.20 bits per heavy atom. The Morgan fingerprint density at radius 3 is 2.85 bits per heavy atom. The molecule has 1 aromatic heterocycles. The van der Waals surface area contributed by atoms with Crippen molar-refractivity contribution in [2.45, 2.75) is 51.4 Å². The van der Waals surface area contributed by atoms with E-state index in [0.717, 1.165) is 19.5 Å². The van der Waals surface area contributed by atoms with Crippen molar-refractivity contribution in [2.75, 3.05) is 6.54 Å². The Hall–Kier alpha value is -1.04. The van der Waals surface area contributed by atoms with Crippen LogP contribution < -0.4 is 5.32 Å². The van der Waals surface area contributed by atoms with E-state index in [4.69, 9.17) is 0 Å². The average Bonchev–Trinajstić information content (AvgIpc) is 2.88. The van der Waals surface area contributed by atoms with Gasteiger partial charge in [-0.15, -0.1) is 0 Å². The maximum Gasteiger partial charge on any atom is 0.391 e. The summed E-state index contributed by atoms with van der Waals surface area (Å²) in [6.45, 7) is 3.67. The van der Waals surface area contributed by atoms with Crippen molar-refractivity contribution in [3.05, 3.63) is 18.7 Å². The number of alkyl halides is 3. The van der Waals surface area contributed by atoms with Gasteiger partial charge in [-0.05, 0) is 31.7 Å². The van der Waals surface area contributed by atoms with Gasteiger partial charge < -0.3 is 9.88 Å². The van der Waals surface area contributed by atoms with Crippen molar-refractivity contribution < 1.29 is 13.2 Å². The molecule has 1 aliphatic rings. The van der Waals surface area contributed by atoms with Crippen molar-refractivity contribution in [3.63, 3.8) is 0 Å². The lowest BCUT2D eigenvalue weighted by Crippen LogP contribution is -2.40. The van der Waals surface area contributed by atoms with Gasteiger partial charge in [0.1, 0.15) is 0 Å². The zero-order valence-corrected chi connectivity index (χ0v) is 11.7. The summed E-state index contributed by atoms with van der Waals surface area (Å²) >= 11 is 0. The quantitative estimate of drug-likeness (QED) is 0.902. The average molecular weight is 289 g/mol. The van der Waals surface area contributed by atoms with Crippen LogP contribution in [-0.4, -0.2) is 28.3 Å². The van der Waals surface area contributed by atoms with E-state index < -0.39 is 12.1 Å². The molecule has 0 bridgehead atoms. The highest BCUT2D eigenvalue weighted by atomic mass is 19.4. The fourth-order valence-electron chi connectivity index (χ4n) is 2.86. The molecule has 1 heterocycles. The molecule has 1 saturated carbocycles. The van der Waals surface area contributed by atoms with Crippen molar-refractivity contribution >= 4 is 0 Å². The number of rotatable bonds is 5. The Kier molecular flexibility index (Phi) is 5.07. The first-order chi connectivity index (χ1) is 9.45. The largest absolute Gasteiger partial charge is 0.391 e. The maximum absolute atomic E-state index is 12.7. The van der Waals surface area contributed by atoms with E-state index in [1.807, 2.05) is 10.8 Å². The zero-order valence-electron chi connectivity index (χ0n) is 11.7. The third kappa shape index (κ3) is 4.51. The predicted molar refractivity (Wildman–Crippen MR) is 71.2 cm³/mol. The Balaban J connectivity index is 1.73. The molecule has 0 spiro atoms. The molecule has 0 amide bonds. The minimum Gasteiger partial charge on any atom is -0.337 e. The monoisotopic (exact) mass is 289 g/mol. The number of nitrogens with zero attached hydrogens (tertiary/aromatic N) is 2. The Bertz CT molecular complexity index is 389. The van der Waals surface area contributed by atoms with Crippen LogP contribution in [0.15, 0.2) is 18.7 Å². The van der Waals surface area contributed by atoms with E-state index in [0.29, 0.717) is 12.3 Å². The number of imidazole rings is 1. The molecular formula is C14H22F3N3. The van der Waals surface area contributed by atoms with Gasteiger partial charge in [-0.1, -0.05) is 13.3 Å². The standard InChI is InChI=1S/C14H22F3N3/c1-11(9-20-6-5-18-10-20)8-19-13-4-2-3-12(7-13)14(15,16)17/h5-6,10-13,19H,2-4,7-9H2,1H3/t11-,12-,13-/m1/s1. The molecular weight excluding hydrogens is 267 g/mol. The van der Waals surface area contributed by atoms with E-state index >= 15 is 0 Å². The van der Waals surface area contributed by atoms with Gasteiger partial charge in [0.2, 0.25) is 0 Å². The predicted octanol–water partition coefficient (Wildman–Crippen LogP) is 3.23. The maximum atomic E-state index is 12.7. The van der Waals surface area contributed by atoms with Crippen LogP contribution in [0.2, 0.25) is 0 Å².